The van der Waals surface area contributed by atoms with Crippen molar-refractivity contribution in [3.8, 4) is 11.1 Å². The molecule has 1 aliphatic carbocycles. The number of hydrogen-bond acceptors (Lipinski definition) is 5. The first-order valence-electron chi connectivity index (χ1n) is 13.3. The highest BCUT2D eigenvalue weighted by Gasteiger charge is 2.47. The second-order valence-corrected chi connectivity index (χ2v) is 12.8. The summed E-state index contributed by atoms with van der Waals surface area (Å²) < 4.78 is 1.38. The second-order valence-electron chi connectivity index (χ2n) is 11.7. The predicted molar refractivity (Wildman–Crippen MR) is 157 cm³/mol. The zero-order valence-electron chi connectivity index (χ0n) is 22.0. The van der Waals surface area contributed by atoms with Crippen LogP contribution in [0.3, 0.4) is 0 Å². The first-order valence-corrected chi connectivity index (χ1v) is 14.1. The lowest BCUT2D eigenvalue weighted by Gasteiger charge is -2.48. The zero-order valence-corrected chi connectivity index (χ0v) is 22.9. The molecule has 2 aromatic carbocycles. The van der Waals surface area contributed by atoms with Gasteiger partial charge >= 0.3 is 0 Å². The highest BCUT2D eigenvalue weighted by molar-refractivity contribution is 7.20. The van der Waals surface area contributed by atoms with E-state index < -0.39 is 0 Å². The number of nitrogens with zero attached hydrogens (tertiary/aromatic N) is 4. The van der Waals surface area contributed by atoms with Gasteiger partial charge in [-0.15, -0.1) is 11.3 Å². The van der Waals surface area contributed by atoms with Crippen LogP contribution < -0.4 is 4.90 Å². The van der Waals surface area contributed by atoms with Gasteiger partial charge in [-0.05, 0) is 116 Å². The summed E-state index contributed by atoms with van der Waals surface area (Å²) in [7, 11) is 0. The third-order valence-corrected chi connectivity index (χ3v) is 9.99. The van der Waals surface area contributed by atoms with Gasteiger partial charge in [0.2, 0.25) is 0 Å². The van der Waals surface area contributed by atoms with Gasteiger partial charge in [0.15, 0.2) is 0 Å². The lowest BCUT2D eigenvalue weighted by Crippen LogP contribution is -2.39. The van der Waals surface area contributed by atoms with Crippen molar-refractivity contribution >= 4 is 44.6 Å². The molecule has 8 rings (SSSR count). The van der Waals surface area contributed by atoms with Gasteiger partial charge in [-0.1, -0.05) is 12.1 Å². The molecule has 0 N–H and O–H groups in total. The molecule has 5 heterocycles. The standard InChI is InChI=1S/C33H28N4S/c1-32(2)23-15-20(19-11-12-28-22(14-19)21-8-5-6-10-27(21)38-28)16-24-29(23)37(25-9-7-13-35-30(25)32)26-17-34-18-36-31(26)33(24,3)4/h6-7,9-18H,5,8H2,1-4H3. The minimum atomic E-state index is -0.277. The molecule has 4 nitrogen and oxygen atoms in total. The highest BCUT2D eigenvalue weighted by Crippen LogP contribution is 2.59. The van der Waals surface area contributed by atoms with Gasteiger partial charge in [0.05, 0.1) is 34.6 Å². The van der Waals surface area contributed by atoms with Gasteiger partial charge < -0.3 is 4.90 Å². The number of aryl methyl sites for hydroxylation is 1. The Kier molecular flexibility index (Phi) is 4.31. The average Bonchev–Trinajstić information content (AvgIpc) is 3.31. The number of fused-ring (bicyclic) bond motifs is 7. The smallest absolute Gasteiger partial charge is 0.115 e. The van der Waals surface area contributed by atoms with E-state index in [1.807, 2.05) is 29.8 Å². The molecule has 0 saturated heterocycles. The van der Waals surface area contributed by atoms with E-state index in [1.54, 1.807) is 6.33 Å². The van der Waals surface area contributed by atoms with Crippen LogP contribution in [0.4, 0.5) is 17.1 Å². The summed E-state index contributed by atoms with van der Waals surface area (Å²) in [4.78, 5) is 18.0. The Bertz CT molecular complexity index is 1760. The number of benzene rings is 2. The number of anilines is 3. The van der Waals surface area contributed by atoms with Crippen molar-refractivity contribution in [2.75, 3.05) is 4.90 Å². The van der Waals surface area contributed by atoms with Crippen molar-refractivity contribution < 1.29 is 0 Å². The van der Waals surface area contributed by atoms with Gasteiger partial charge in [-0.2, -0.15) is 0 Å². The summed E-state index contributed by atoms with van der Waals surface area (Å²) in [6.45, 7) is 9.22. The Morgan fingerprint density at radius 1 is 0.868 bits per heavy atom. The van der Waals surface area contributed by atoms with Crippen molar-refractivity contribution in [3.63, 3.8) is 0 Å². The fraction of sp³-hybridized carbons (Fsp3) is 0.242. The van der Waals surface area contributed by atoms with E-state index in [0.29, 0.717) is 0 Å². The number of thiophene rings is 1. The Hall–Kier alpha value is -3.83. The lowest BCUT2D eigenvalue weighted by atomic mass is 9.68. The van der Waals surface area contributed by atoms with E-state index in [0.717, 1.165) is 35.6 Å². The molecule has 0 fully saturated rings. The van der Waals surface area contributed by atoms with Gasteiger partial charge in [0.25, 0.3) is 0 Å². The van der Waals surface area contributed by atoms with Crippen LogP contribution in [-0.4, -0.2) is 15.0 Å². The molecule has 2 aliphatic heterocycles. The Morgan fingerprint density at radius 2 is 1.66 bits per heavy atom. The SMILES string of the molecule is CC1(C)c2cc(-c3ccc4sc5c(c4c3)CCC=C5)cc3c2N(c2cccnc21)c1cncnc1C3(C)C. The molecule has 0 atom stereocenters. The number of allylic oxidation sites excluding steroid dienone is 1. The fourth-order valence-electron chi connectivity index (χ4n) is 6.80. The first kappa shape index (κ1) is 22.2. The number of rotatable bonds is 1. The molecule has 3 aromatic heterocycles. The minimum Gasteiger partial charge on any atom is -0.305 e. The average molecular weight is 513 g/mol. The van der Waals surface area contributed by atoms with Gasteiger partial charge in [-0.3, -0.25) is 4.98 Å². The number of aromatic nitrogens is 3. The maximum Gasteiger partial charge on any atom is 0.115 e. The monoisotopic (exact) mass is 512 g/mol. The minimum absolute atomic E-state index is 0.257. The van der Waals surface area contributed by atoms with Crippen LogP contribution in [0.1, 0.15) is 67.1 Å². The van der Waals surface area contributed by atoms with E-state index in [1.165, 1.54) is 48.5 Å². The van der Waals surface area contributed by atoms with E-state index in [2.05, 4.69) is 86.1 Å². The Balaban J connectivity index is 1.43. The molecule has 38 heavy (non-hydrogen) atoms. The molecule has 5 heteroatoms. The first-order chi connectivity index (χ1) is 18.4. The molecular weight excluding hydrogens is 484 g/mol. The summed E-state index contributed by atoms with van der Waals surface area (Å²) in [6, 6.07) is 16.1. The normalized spacial score (nSPS) is 17.5. The van der Waals surface area contributed by atoms with E-state index in [4.69, 9.17) is 9.97 Å². The quantitative estimate of drug-likeness (QED) is 0.226. The molecule has 0 unspecified atom stereocenters. The van der Waals surface area contributed by atoms with Crippen LogP contribution >= 0.6 is 11.3 Å². The summed E-state index contributed by atoms with van der Waals surface area (Å²) in [6.07, 6.45) is 12.4. The van der Waals surface area contributed by atoms with Crippen molar-refractivity contribution in [2.45, 2.75) is 51.4 Å². The van der Waals surface area contributed by atoms with Crippen molar-refractivity contribution in [2.24, 2.45) is 0 Å². The van der Waals surface area contributed by atoms with E-state index >= 15 is 0 Å². The molecule has 0 spiro atoms. The summed E-state index contributed by atoms with van der Waals surface area (Å²) in [5, 5.41) is 1.41. The summed E-state index contributed by atoms with van der Waals surface area (Å²) >= 11 is 1.91. The van der Waals surface area contributed by atoms with Gasteiger partial charge in [0, 0.05) is 26.6 Å². The Labute approximate surface area is 226 Å². The molecule has 0 amide bonds. The fourth-order valence-corrected chi connectivity index (χ4v) is 7.97. The topological polar surface area (TPSA) is 41.9 Å². The molecule has 3 aliphatic rings. The van der Waals surface area contributed by atoms with Crippen molar-refractivity contribution in [3.05, 3.63) is 100 Å². The second kappa shape index (κ2) is 7.39. The molecule has 0 saturated carbocycles. The largest absolute Gasteiger partial charge is 0.305 e. The maximum absolute atomic E-state index is 4.93. The Morgan fingerprint density at radius 3 is 2.47 bits per heavy atom. The van der Waals surface area contributed by atoms with E-state index in [9.17, 15) is 0 Å². The van der Waals surface area contributed by atoms with Crippen LogP contribution in [0, 0.1) is 0 Å². The van der Waals surface area contributed by atoms with Crippen LogP contribution in [0.2, 0.25) is 0 Å². The maximum atomic E-state index is 4.93. The number of pyridine rings is 1. The van der Waals surface area contributed by atoms with Crippen molar-refractivity contribution in [1.29, 1.82) is 0 Å². The van der Waals surface area contributed by atoms with E-state index in [-0.39, 0.29) is 10.8 Å². The van der Waals surface area contributed by atoms with Crippen LogP contribution in [0.25, 0.3) is 27.3 Å². The van der Waals surface area contributed by atoms with Crippen LogP contribution in [0.5, 0.6) is 0 Å². The van der Waals surface area contributed by atoms with Gasteiger partial charge in [0.1, 0.15) is 6.33 Å². The lowest BCUT2D eigenvalue weighted by molar-refractivity contribution is 0.573. The third kappa shape index (κ3) is 2.77. The number of hydrogen-bond donors (Lipinski definition) is 0. The third-order valence-electron chi connectivity index (χ3n) is 8.81. The molecule has 0 bridgehead atoms. The van der Waals surface area contributed by atoms with Crippen LogP contribution in [-0.2, 0) is 17.3 Å². The zero-order chi connectivity index (χ0) is 25.8. The van der Waals surface area contributed by atoms with Crippen molar-refractivity contribution in [1.82, 2.24) is 15.0 Å². The summed E-state index contributed by atoms with van der Waals surface area (Å²) in [5.41, 5.74) is 11.6. The predicted octanol–water partition coefficient (Wildman–Crippen LogP) is 8.46. The molecule has 5 aromatic rings. The molecular formula is C33H28N4S. The molecule has 0 radical (unpaired) electrons. The molecule has 186 valence electrons. The van der Waals surface area contributed by atoms with Crippen LogP contribution in [0.15, 0.2) is 67.3 Å². The highest BCUT2D eigenvalue weighted by atomic mass is 32.1. The van der Waals surface area contributed by atoms with Gasteiger partial charge in [-0.25, -0.2) is 9.97 Å². The summed E-state index contributed by atoms with van der Waals surface area (Å²) in [5.74, 6) is 0.